The molecule has 0 saturated heterocycles. The number of rotatable bonds is 7. The fraction of sp³-hybridized carbons (Fsp3) is 0.250. The summed E-state index contributed by atoms with van der Waals surface area (Å²) in [5.74, 6) is -0.548. The lowest BCUT2D eigenvalue weighted by Gasteiger charge is -2.19. The molecule has 0 aliphatic rings. The molecule has 1 N–H and O–H groups in total. The van der Waals surface area contributed by atoms with Crippen LogP contribution in [0.1, 0.15) is 29.9 Å². The van der Waals surface area contributed by atoms with Crippen molar-refractivity contribution >= 4 is 33.2 Å². The number of nitrogens with zero attached hydrogens (tertiary/aromatic N) is 4. The van der Waals surface area contributed by atoms with Gasteiger partial charge in [-0.15, -0.1) is 5.10 Å². The molecule has 1 heterocycles. The van der Waals surface area contributed by atoms with Gasteiger partial charge in [0.1, 0.15) is 0 Å². The molecular formula is C20H22ClN5O3S. The largest absolute Gasteiger partial charge is 0.319 e. The Morgan fingerprint density at radius 2 is 1.80 bits per heavy atom. The second-order valence-corrected chi connectivity index (χ2v) is 8.91. The predicted molar refractivity (Wildman–Crippen MR) is 116 cm³/mol. The van der Waals surface area contributed by atoms with E-state index < -0.39 is 15.9 Å². The molecule has 3 rings (SSSR count). The van der Waals surface area contributed by atoms with Crippen LogP contribution in [0.25, 0.3) is 5.69 Å². The third-order valence-corrected chi connectivity index (χ3v) is 6.93. The summed E-state index contributed by atoms with van der Waals surface area (Å²) in [4.78, 5) is 12.7. The van der Waals surface area contributed by atoms with Gasteiger partial charge in [-0.3, -0.25) is 4.79 Å². The Hall–Kier alpha value is -2.75. The molecule has 0 aliphatic carbocycles. The molecular weight excluding hydrogens is 426 g/mol. The number of halogens is 1. The first kappa shape index (κ1) is 21.9. The fourth-order valence-electron chi connectivity index (χ4n) is 2.85. The summed E-state index contributed by atoms with van der Waals surface area (Å²) in [6, 6.07) is 11.8. The SMILES string of the molecule is CCN(CC)S(=O)(=O)c1ccc(Cl)c(NC(=O)c2cn(-c3ccc(C)cc3)nn2)c1. The quantitative estimate of drug-likeness (QED) is 0.597. The number of carbonyl (C=O) groups is 1. The molecule has 0 fully saturated rings. The molecule has 0 atom stereocenters. The number of hydrogen-bond acceptors (Lipinski definition) is 5. The van der Waals surface area contributed by atoms with E-state index in [-0.39, 0.29) is 21.3 Å². The number of benzene rings is 2. The molecule has 0 aliphatic heterocycles. The van der Waals surface area contributed by atoms with Crippen molar-refractivity contribution in [1.82, 2.24) is 19.3 Å². The Bertz CT molecular complexity index is 1160. The van der Waals surface area contributed by atoms with Gasteiger partial charge >= 0.3 is 0 Å². The van der Waals surface area contributed by atoms with E-state index in [9.17, 15) is 13.2 Å². The first-order valence-corrected chi connectivity index (χ1v) is 11.2. The zero-order valence-corrected chi connectivity index (χ0v) is 18.4. The summed E-state index contributed by atoms with van der Waals surface area (Å²) >= 11 is 6.18. The molecule has 0 spiro atoms. The van der Waals surface area contributed by atoms with Gasteiger partial charge in [-0.05, 0) is 37.3 Å². The van der Waals surface area contributed by atoms with Crippen molar-refractivity contribution in [3.8, 4) is 5.69 Å². The van der Waals surface area contributed by atoms with Crippen LogP contribution in [0.15, 0.2) is 53.6 Å². The Morgan fingerprint density at radius 1 is 1.13 bits per heavy atom. The van der Waals surface area contributed by atoms with Crippen molar-refractivity contribution in [2.45, 2.75) is 25.7 Å². The van der Waals surface area contributed by atoms with Crippen LogP contribution in [0, 0.1) is 6.92 Å². The average Bonchev–Trinajstić information content (AvgIpc) is 3.21. The number of aromatic nitrogens is 3. The van der Waals surface area contributed by atoms with Gasteiger partial charge in [0.25, 0.3) is 5.91 Å². The maximum atomic E-state index is 12.7. The van der Waals surface area contributed by atoms with Crippen LogP contribution in [0.2, 0.25) is 5.02 Å². The molecule has 8 nitrogen and oxygen atoms in total. The predicted octanol–water partition coefficient (Wildman–Crippen LogP) is 3.51. The zero-order chi connectivity index (χ0) is 21.9. The monoisotopic (exact) mass is 447 g/mol. The number of nitrogens with one attached hydrogen (secondary N) is 1. The number of sulfonamides is 1. The topological polar surface area (TPSA) is 97.2 Å². The van der Waals surface area contributed by atoms with Crippen molar-refractivity contribution in [1.29, 1.82) is 0 Å². The van der Waals surface area contributed by atoms with Gasteiger partial charge < -0.3 is 5.32 Å². The van der Waals surface area contributed by atoms with Gasteiger partial charge in [-0.1, -0.05) is 48.4 Å². The Kier molecular flexibility index (Phi) is 6.55. The van der Waals surface area contributed by atoms with Gasteiger partial charge in [0.15, 0.2) is 5.69 Å². The lowest BCUT2D eigenvalue weighted by atomic mass is 10.2. The van der Waals surface area contributed by atoms with E-state index in [2.05, 4.69) is 15.6 Å². The van der Waals surface area contributed by atoms with E-state index in [0.29, 0.717) is 13.1 Å². The van der Waals surface area contributed by atoms with Gasteiger partial charge in [-0.2, -0.15) is 4.31 Å². The maximum absolute atomic E-state index is 12.7. The molecule has 10 heteroatoms. The summed E-state index contributed by atoms with van der Waals surface area (Å²) in [6.07, 6.45) is 1.49. The molecule has 0 radical (unpaired) electrons. The van der Waals surface area contributed by atoms with E-state index in [1.54, 1.807) is 13.8 Å². The number of hydrogen-bond donors (Lipinski definition) is 1. The Balaban J connectivity index is 1.84. The average molecular weight is 448 g/mol. The summed E-state index contributed by atoms with van der Waals surface area (Å²) in [5, 5.41) is 10.7. The van der Waals surface area contributed by atoms with Crippen LogP contribution in [0.3, 0.4) is 0 Å². The fourth-order valence-corrected chi connectivity index (χ4v) is 4.50. The van der Waals surface area contributed by atoms with Crippen molar-refractivity contribution in [3.63, 3.8) is 0 Å². The second-order valence-electron chi connectivity index (χ2n) is 6.57. The number of anilines is 1. The third kappa shape index (κ3) is 4.53. The van der Waals surface area contributed by atoms with E-state index in [1.165, 1.54) is 33.4 Å². The highest BCUT2D eigenvalue weighted by molar-refractivity contribution is 7.89. The Morgan fingerprint density at radius 3 is 2.43 bits per heavy atom. The van der Waals surface area contributed by atoms with Crippen molar-refractivity contribution in [2.24, 2.45) is 0 Å². The van der Waals surface area contributed by atoms with Crippen LogP contribution >= 0.6 is 11.6 Å². The van der Waals surface area contributed by atoms with Gasteiger partial charge in [0.05, 0.1) is 27.5 Å². The lowest BCUT2D eigenvalue weighted by Crippen LogP contribution is -2.30. The summed E-state index contributed by atoms with van der Waals surface area (Å²) < 4.78 is 28.3. The molecule has 0 unspecified atom stereocenters. The smallest absolute Gasteiger partial charge is 0.277 e. The molecule has 0 bridgehead atoms. The summed E-state index contributed by atoms with van der Waals surface area (Å²) in [7, 11) is -3.69. The van der Waals surface area contributed by atoms with E-state index in [1.807, 2.05) is 31.2 Å². The van der Waals surface area contributed by atoms with Gasteiger partial charge in [0.2, 0.25) is 10.0 Å². The lowest BCUT2D eigenvalue weighted by molar-refractivity contribution is 0.102. The van der Waals surface area contributed by atoms with Crippen molar-refractivity contribution < 1.29 is 13.2 Å². The summed E-state index contributed by atoms with van der Waals surface area (Å²) in [6.45, 7) is 6.17. The number of aryl methyl sites for hydroxylation is 1. The molecule has 30 heavy (non-hydrogen) atoms. The van der Waals surface area contributed by atoms with Gasteiger partial charge in [-0.25, -0.2) is 13.1 Å². The number of amides is 1. The van der Waals surface area contributed by atoms with Crippen molar-refractivity contribution in [2.75, 3.05) is 18.4 Å². The summed E-state index contributed by atoms with van der Waals surface area (Å²) in [5.41, 5.74) is 2.12. The number of carbonyl (C=O) groups excluding carboxylic acids is 1. The molecule has 3 aromatic rings. The van der Waals surface area contributed by atoms with E-state index in [0.717, 1.165) is 11.3 Å². The first-order chi connectivity index (χ1) is 14.3. The molecule has 158 valence electrons. The van der Waals surface area contributed by atoms with E-state index >= 15 is 0 Å². The molecule has 0 saturated carbocycles. The van der Waals surface area contributed by atoms with Crippen LogP contribution < -0.4 is 5.32 Å². The minimum Gasteiger partial charge on any atom is -0.319 e. The zero-order valence-electron chi connectivity index (χ0n) is 16.8. The minimum atomic E-state index is -3.69. The highest BCUT2D eigenvalue weighted by atomic mass is 35.5. The first-order valence-electron chi connectivity index (χ1n) is 9.36. The third-order valence-electron chi connectivity index (χ3n) is 4.55. The highest BCUT2D eigenvalue weighted by Crippen LogP contribution is 2.27. The van der Waals surface area contributed by atoms with Gasteiger partial charge in [0, 0.05) is 13.1 Å². The molecule has 1 aromatic heterocycles. The maximum Gasteiger partial charge on any atom is 0.277 e. The second kappa shape index (κ2) is 8.95. The van der Waals surface area contributed by atoms with Crippen molar-refractivity contribution in [3.05, 3.63) is 64.9 Å². The van der Waals surface area contributed by atoms with Crippen LogP contribution in [-0.2, 0) is 10.0 Å². The normalized spacial score (nSPS) is 11.6. The molecule has 1 amide bonds. The van der Waals surface area contributed by atoms with Crippen LogP contribution in [0.5, 0.6) is 0 Å². The highest BCUT2D eigenvalue weighted by Gasteiger charge is 2.23. The van der Waals surface area contributed by atoms with E-state index in [4.69, 9.17) is 11.6 Å². The Labute approximate surface area is 180 Å². The molecule has 2 aromatic carbocycles. The van der Waals surface area contributed by atoms with Crippen LogP contribution in [-0.4, -0.2) is 46.7 Å². The minimum absolute atomic E-state index is 0.0502. The van der Waals surface area contributed by atoms with Crippen LogP contribution in [0.4, 0.5) is 5.69 Å². The standard InChI is InChI=1S/C20H22ClN5O3S/c1-4-25(5-2)30(28,29)16-10-11-17(21)18(12-16)22-20(27)19-13-26(24-23-19)15-8-6-14(3)7-9-15/h6-13H,4-5H2,1-3H3,(H,22,27).